The summed E-state index contributed by atoms with van der Waals surface area (Å²) in [6, 6.07) is 24.3. The third kappa shape index (κ3) is 5.46. The molecule has 1 N–H and O–H groups in total. The molecule has 0 aliphatic carbocycles. The third-order valence-corrected chi connectivity index (χ3v) is 6.28. The number of hydrogen-bond donors (Lipinski definition) is 1. The lowest BCUT2D eigenvalue weighted by atomic mass is 10.1. The van der Waals surface area contributed by atoms with Crippen molar-refractivity contribution in [3.05, 3.63) is 94.5 Å². The summed E-state index contributed by atoms with van der Waals surface area (Å²) in [6.07, 6.45) is -0.572. The van der Waals surface area contributed by atoms with E-state index in [-0.39, 0.29) is 6.61 Å². The summed E-state index contributed by atoms with van der Waals surface area (Å²) >= 11 is 13.5. The van der Waals surface area contributed by atoms with Crippen molar-refractivity contribution in [3.8, 4) is 11.3 Å². The third-order valence-electron chi connectivity index (χ3n) is 4.58. The molecule has 0 aliphatic heterocycles. The molecule has 0 unspecified atom stereocenters. The van der Waals surface area contributed by atoms with E-state index in [0.29, 0.717) is 15.7 Å². The van der Waals surface area contributed by atoms with E-state index in [1.165, 1.54) is 11.8 Å². The first-order chi connectivity index (χ1) is 15.5. The fourth-order valence-electron chi connectivity index (χ4n) is 3.11. The minimum atomic E-state index is -0.572. The molecule has 8 heteroatoms. The Morgan fingerprint density at radius 1 is 1.00 bits per heavy atom. The molecule has 0 fully saturated rings. The first kappa shape index (κ1) is 22.3. The quantitative estimate of drug-likeness (QED) is 0.312. The van der Waals surface area contributed by atoms with Crippen molar-refractivity contribution in [1.29, 1.82) is 0 Å². The zero-order valence-electron chi connectivity index (χ0n) is 17.1. The normalized spacial score (nSPS) is 10.7. The molecule has 1 heterocycles. The van der Waals surface area contributed by atoms with Crippen molar-refractivity contribution in [3.63, 3.8) is 0 Å². The van der Waals surface area contributed by atoms with E-state index in [4.69, 9.17) is 33.0 Å². The van der Waals surface area contributed by atoms with Crippen LogP contribution < -0.4 is 5.32 Å². The van der Waals surface area contributed by atoms with E-state index in [0.717, 1.165) is 26.7 Å². The summed E-state index contributed by atoms with van der Waals surface area (Å²) in [5, 5.41) is 9.49. The van der Waals surface area contributed by atoms with Crippen molar-refractivity contribution in [2.75, 3.05) is 5.32 Å². The maximum atomic E-state index is 12.4. The molecular weight excluding hydrogens is 465 g/mol. The number of aromatic nitrogens is 2. The Bertz CT molecular complexity index is 1230. The Hall–Kier alpha value is -2.93. The van der Waals surface area contributed by atoms with Crippen molar-refractivity contribution >= 4 is 46.7 Å². The lowest BCUT2D eigenvalue weighted by Crippen LogP contribution is -2.13. The highest BCUT2D eigenvalue weighted by atomic mass is 35.5. The average molecular weight is 484 g/mol. The van der Waals surface area contributed by atoms with E-state index >= 15 is 0 Å². The van der Waals surface area contributed by atoms with Crippen molar-refractivity contribution < 1.29 is 9.53 Å². The van der Waals surface area contributed by atoms with Gasteiger partial charge in [0.15, 0.2) is 0 Å². The van der Waals surface area contributed by atoms with Crippen LogP contribution in [0.5, 0.6) is 0 Å². The SMILES string of the molecule is Cn1nc(-c2ccccc2)c(COC(=O)Nc2cccc(Cl)c2)c1Sc1ccc(Cl)cc1. The molecule has 4 aromatic rings. The number of nitrogens with one attached hydrogen (secondary N) is 1. The zero-order valence-corrected chi connectivity index (χ0v) is 19.4. The molecule has 5 nitrogen and oxygen atoms in total. The number of rotatable bonds is 6. The van der Waals surface area contributed by atoms with E-state index in [1.54, 1.807) is 28.9 Å². The molecule has 32 heavy (non-hydrogen) atoms. The topological polar surface area (TPSA) is 56.2 Å². The summed E-state index contributed by atoms with van der Waals surface area (Å²) < 4.78 is 7.36. The van der Waals surface area contributed by atoms with Crippen LogP contribution >= 0.6 is 35.0 Å². The Morgan fingerprint density at radius 3 is 2.47 bits per heavy atom. The number of aryl methyl sites for hydroxylation is 1. The van der Waals surface area contributed by atoms with Gasteiger partial charge in [0.2, 0.25) is 0 Å². The van der Waals surface area contributed by atoms with Crippen molar-refractivity contribution in [2.24, 2.45) is 7.05 Å². The lowest BCUT2D eigenvalue weighted by Gasteiger charge is -2.10. The summed E-state index contributed by atoms with van der Waals surface area (Å²) in [7, 11) is 1.88. The molecule has 3 aromatic carbocycles. The molecule has 4 rings (SSSR count). The fourth-order valence-corrected chi connectivity index (χ4v) is 4.37. The maximum Gasteiger partial charge on any atom is 0.411 e. The van der Waals surface area contributed by atoms with Crippen molar-refractivity contribution in [2.45, 2.75) is 16.5 Å². The lowest BCUT2D eigenvalue weighted by molar-refractivity contribution is 0.154. The van der Waals surface area contributed by atoms with Crippen LogP contribution in [-0.2, 0) is 18.4 Å². The Morgan fingerprint density at radius 2 is 1.75 bits per heavy atom. The van der Waals surface area contributed by atoms with Gasteiger partial charge in [-0.3, -0.25) is 10.00 Å². The molecular formula is C24H19Cl2N3O2S. The van der Waals surface area contributed by atoms with Gasteiger partial charge in [-0.1, -0.05) is 71.4 Å². The second-order valence-electron chi connectivity index (χ2n) is 6.89. The molecule has 1 aromatic heterocycles. The van der Waals surface area contributed by atoms with E-state index in [2.05, 4.69) is 5.32 Å². The number of carbonyl (C=O) groups excluding carboxylic acids is 1. The van der Waals surface area contributed by atoms with Gasteiger partial charge in [0.05, 0.1) is 0 Å². The second-order valence-corrected chi connectivity index (χ2v) is 8.82. The van der Waals surface area contributed by atoms with Gasteiger partial charge in [-0.05, 0) is 42.5 Å². The Labute approximate surface area is 200 Å². The molecule has 1 amide bonds. The number of amides is 1. The zero-order chi connectivity index (χ0) is 22.5. The summed E-state index contributed by atoms with van der Waals surface area (Å²) in [5.41, 5.74) is 3.09. The van der Waals surface area contributed by atoms with Crippen LogP contribution in [0.3, 0.4) is 0 Å². The van der Waals surface area contributed by atoms with Gasteiger partial charge < -0.3 is 4.74 Å². The molecule has 0 saturated carbocycles. The Kier molecular flexibility index (Phi) is 7.05. The molecule has 0 aliphatic rings. The molecule has 0 saturated heterocycles. The van der Waals surface area contributed by atoms with Crippen LogP contribution in [0.25, 0.3) is 11.3 Å². The van der Waals surface area contributed by atoms with Crippen molar-refractivity contribution in [1.82, 2.24) is 9.78 Å². The largest absolute Gasteiger partial charge is 0.444 e. The predicted molar refractivity (Wildman–Crippen MR) is 129 cm³/mol. The van der Waals surface area contributed by atoms with Gasteiger partial charge in [0.1, 0.15) is 17.3 Å². The number of hydrogen-bond acceptors (Lipinski definition) is 4. The van der Waals surface area contributed by atoms with Gasteiger partial charge in [-0.15, -0.1) is 0 Å². The van der Waals surface area contributed by atoms with Gasteiger partial charge in [0.25, 0.3) is 0 Å². The first-order valence-corrected chi connectivity index (χ1v) is 11.3. The number of anilines is 1. The monoisotopic (exact) mass is 483 g/mol. The highest BCUT2D eigenvalue weighted by Crippen LogP contribution is 2.36. The minimum absolute atomic E-state index is 0.0559. The van der Waals surface area contributed by atoms with Crippen LogP contribution in [0.4, 0.5) is 10.5 Å². The number of benzene rings is 3. The van der Waals surface area contributed by atoms with Crippen LogP contribution in [0.15, 0.2) is 88.8 Å². The number of nitrogens with zero attached hydrogens (tertiary/aromatic N) is 2. The molecule has 0 radical (unpaired) electrons. The Balaban J connectivity index is 1.60. The molecule has 0 atom stereocenters. The van der Waals surface area contributed by atoms with E-state index in [9.17, 15) is 4.79 Å². The fraction of sp³-hybridized carbons (Fsp3) is 0.0833. The summed E-state index contributed by atoms with van der Waals surface area (Å²) in [6.45, 7) is 0.0559. The van der Waals surface area contributed by atoms with Gasteiger partial charge >= 0.3 is 6.09 Å². The number of ether oxygens (including phenoxy) is 1. The minimum Gasteiger partial charge on any atom is -0.444 e. The highest BCUT2D eigenvalue weighted by molar-refractivity contribution is 7.99. The molecule has 0 spiro atoms. The van der Waals surface area contributed by atoms with E-state index in [1.807, 2.05) is 61.6 Å². The number of halogens is 2. The smallest absolute Gasteiger partial charge is 0.411 e. The van der Waals surface area contributed by atoms with Crippen LogP contribution in [-0.4, -0.2) is 15.9 Å². The average Bonchev–Trinajstić information content (AvgIpc) is 3.09. The summed E-state index contributed by atoms with van der Waals surface area (Å²) in [4.78, 5) is 13.4. The van der Waals surface area contributed by atoms with Crippen LogP contribution in [0, 0.1) is 0 Å². The first-order valence-electron chi connectivity index (χ1n) is 9.73. The second kappa shape index (κ2) is 10.1. The van der Waals surface area contributed by atoms with Gasteiger partial charge in [-0.25, -0.2) is 4.79 Å². The molecule has 0 bridgehead atoms. The van der Waals surface area contributed by atoms with Crippen LogP contribution in [0.1, 0.15) is 5.56 Å². The van der Waals surface area contributed by atoms with Gasteiger partial charge in [0, 0.05) is 38.8 Å². The summed E-state index contributed by atoms with van der Waals surface area (Å²) in [5.74, 6) is 0. The van der Waals surface area contributed by atoms with E-state index < -0.39 is 6.09 Å². The van der Waals surface area contributed by atoms with Crippen LogP contribution in [0.2, 0.25) is 10.0 Å². The standard InChI is InChI=1S/C24H19Cl2N3O2S/c1-29-23(32-20-12-10-17(25)11-13-20)21(22(28-29)16-6-3-2-4-7-16)15-31-24(30)27-19-9-5-8-18(26)14-19/h2-14H,15H2,1H3,(H,27,30). The number of carbonyl (C=O) groups is 1. The van der Waals surface area contributed by atoms with Gasteiger partial charge in [-0.2, -0.15) is 5.10 Å². The highest BCUT2D eigenvalue weighted by Gasteiger charge is 2.20. The molecule has 162 valence electrons. The maximum absolute atomic E-state index is 12.4. The predicted octanol–water partition coefficient (Wildman–Crippen LogP) is 7.29.